The Morgan fingerprint density at radius 3 is 2.29 bits per heavy atom. The maximum absolute atomic E-state index is 5.65. The van der Waals surface area contributed by atoms with E-state index in [4.69, 9.17) is 15.2 Å². The van der Waals surface area contributed by atoms with E-state index in [9.17, 15) is 0 Å². The van der Waals surface area contributed by atoms with E-state index in [1.807, 2.05) is 19.9 Å². The molecule has 4 heteroatoms. The molecule has 4 nitrogen and oxygen atoms in total. The topological polar surface area (TPSA) is 47.7 Å². The molecule has 0 heterocycles. The van der Waals surface area contributed by atoms with Gasteiger partial charge in [0, 0.05) is 32.7 Å². The third kappa shape index (κ3) is 8.17. The fraction of sp³-hybridized carbons (Fsp3) is 0.647. The predicted octanol–water partition coefficient (Wildman–Crippen LogP) is 2.63. The summed E-state index contributed by atoms with van der Waals surface area (Å²) in [5, 5.41) is 0. The van der Waals surface area contributed by atoms with Gasteiger partial charge in [-0.25, -0.2) is 0 Å². The molecule has 0 radical (unpaired) electrons. The summed E-state index contributed by atoms with van der Waals surface area (Å²) in [5.74, 6) is 0. The number of ether oxygens (including phenoxy) is 2. The summed E-state index contributed by atoms with van der Waals surface area (Å²) in [4.78, 5) is 2.42. The number of hydrogen-bond acceptors (Lipinski definition) is 4. The van der Waals surface area contributed by atoms with Gasteiger partial charge in [-0.05, 0) is 38.9 Å². The zero-order chi connectivity index (χ0) is 15.3. The molecule has 0 aromatic heterocycles. The number of hydrogen-bond donors (Lipinski definition) is 1. The summed E-state index contributed by atoms with van der Waals surface area (Å²) >= 11 is 0. The van der Waals surface area contributed by atoms with Gasteiger partial charge < -0.3 is 15.2 Å². The number of rotatable bonds is 12. The van der Waals surface area contributed by atoms with E-state index in [-0.39, 0.29) is 6.29 Å². The maximum Gasteiger partial charge on any atom is 0.158 e. The molecule has 1 aromatic rings. The Balaban J connectivity index is 2.48. The molecule has 0 aliphatic heterocycles. The van der Waals surface area contributed by atoms with Gasteiger partial charge in [0.25, 0.3) is 0 Å². The first-order chi connectivity index (χ1) is 10.3. The van der Waals surface area contributed by atoms with Crippen molar-refractivity contribution < 1.29 is 9.47 Å². The van der Waals surface area contributed by atoms with Crippen molar-refractivity contribution in [3.63, 3.8) is 0 Å². The monoisotopic (exact) mass is 294 g/mol. The first-order valence-electron chi connectivity index (χ1n) is 7.99. The average molecular weight is 294 g/mol. The van der Waals surface area contributed by atoms with Crippen molar-refractivity contribution in [1.29, 1.82) is 0 Å². The van der Waals surface area contributed by atoms with E-state index in [2.05, 4.69) is 29.2 Å². The first-order valence-corrected chi connectivity index (χ1v) is 7.99. The maximum atomic E-state index is 5.65. The van der Waals surface area contributed by atoms with Crippen LogP contribution in [0.4, 0.5) is 0 Å². The third-order valence-corrected chi connectivity index (χ3v) is 3.31. The molecule has 2 N–H and O–H groups in total. The highest BCUT2D eigenvalue weighted by Crippen LogP contribution is 2.09. The minimum atomic E-state index is -0.101. The Labute approximate surface area is 129 Å². The van der Waals surface area contributed by atoms with Crippen molar-refractivity contribution >= 4 is 0 Å². The van der Waals surface area contributed by atoms with Crippen LogP contribution in [-0.2, 0) is 16.0 Å². The average Bonchev–Trinajstić information content (AvgIpc) is 2.51. The summed E-state index contributed by atoms with van der Waals surface area (Å²) in [6.45, 7) is 9.02. The van der Waals surface area contributed by atoms with Crippen molar-refractivity contribution in [2.75, 3.05) is 32.8 Å². The summed E-state index contributed by atoms with van der Waals surface area (Å²) < 4.78 is 11.2. The fourth-order valence-corrected chi connectivity index (χ4v) is 2.30. The Morgan fingerprint density at radius 1 is 1.05 bits per heavy atom. The molecule has 0 aliphatic carbocycles. The van der Waals surface area contributed by atoms with Crippen LogP contribution in [0.15, 0.2) is 30.3 Å². The molecular weight excluding hydrogens is 264 g/mol. The van der Waals surface area contributed by atoms with Gasteiger partial charge >= 0.3 is 0 Å². The van der Waals surface area contributed by atoms with Gasteiger partial charge in [0.1, 0.15) is 0 Å². The van der Waals surface area contributed by atoms with Gasteiger partial charge in [0.15, 0.2) is 6.29 Å². The summed E-state index contributed by atoms with van der Waals surface area (Å²) in [5.41, 5.74) is 6.98. The van der Waals surface area contributed by atoms with E-state index in [1.165, 1.54) is 5.56 Å². The summed E-state index contributed by atoms with van der Waals surface area (Å²) in [7, 11) is 0. The normalized spacial score (nSPS) is 11.5. The standard InChI is InChI=1S/C17H30N2O2/c1-3-20-17(21-4-2)11-14-19(13-8-12-18)15-16-9-6-5-7-10-16/h5-7,9-10,17H,3-4,8,11-15,18H2,1-2H3. The summed E-state index contributed by atoms with van der Waals surface area (Å²) in [6, 6.07) is 10.5. The lowest BCUT2D eigenvalue weighted by Crippen LogP contribution is -2.31. The van der Waals surface area contributed by atoms with Crippen molar-refractivity contribution in [2.45, 2.75) is 39.5 Å². The number of nitrogens with two attached hydrogens (primary N) is 1. The zero-order valence-electron chi connectivity index (χ0n) is 13.5. The van der Waals surface area contributed by atoms with E-state index in [0.717, 1.165) is 39.0 Å². The van der Waals surface area contributed by atoms with Crippen LogP contribution in [0.2, 0.25) is 0 Å². The van der Waals surface area contributed by atoms with Gasteiger partial charge in [-0.2, -0.15) is 0 Å². The zero-order valence-corrected chi connectivity index (χ0v) is 13.5. The van der Waals surface area contributed by atoms with Crippen LogP contribution in [0.25, 0.3) is 0 Å². The van der Waals surface area contributed by atoms with E-state index < -0.39 is 0 Å². The van der Waals surface area contributed by atoms with Crippen LogP contribution in [-0.4, -0.2) is 44.0 Å². The SMILES string of the molecule is CCOC(CCN(CCCN)Cc1ccccc1)OCC. The highest BCUT2D eigenvalue weighted by molar-refractivity contribution is 5.14. The van der Waals surface area contributed by atoms with Crippen molar-refractivity contribution in [2.24, 2.45) is 5.73 Å². The molecule has 0 spiro atoms. The lowest BCUT2D eigenvalue weighted by atomic mass is 10.2. The second-order valence-corrected chi connectivity index (χ2v) is 5.03. The van der Waals surface area contributed by atoms with E-state index in [0.29, 0.717) is 13.2 Å². The molecule has 0 bridgehead atoms. The highest BCUT2D eigenvalue weighted by Gasteiger charge is 2.12. The molecule has 120 valence electrons. The minimum absolute atomic E-state index is 0.101. The van der Waals surface area contributed by atoms with Crippen molar-refractivity contribution in [3.05, 3.63) is 35.9 Å². The van der Waals surface area contributed by atoms with Crippen LogP contribution in [0.3, 0.4) is 0 Å². The van der Waals surface area contributed by atoms with Crippen LogP contribution < -0.4 is 5.73 Å². The molecule has 0 saturated carbocycles. The van der Waals surface area contributed by atoms with Gasteiger partial charge in [-0.15, -0.1) is 0 Å². The van der Waals surface area contributed by atoms with Gasteiger partial charge in [-0.3, -0.25) is 4.90 Å². The first kappa shape index (κ1) is 18.1. The molecule has 0 aliphatic rings. The third-order valence-electron chi connectivity index (χ3n) is 3.31. The quantitative estimate of drug-likeness (QED) is 0.602. The molecule has 1 rings (SSSR count). The van der Waals surface area contributed by atoms with Crippen molar-refractivity contribution in [1.82, 2.24) is 4.90 Å². The lowest BCUT2D eigenvalue weighted by Gasteiger charge is -2.25. The molecule has 21 heavy (non-hydrogen) atoms. The smallest absolute Gasteiger partial charge is 0.158 e. The number of nitrogens with zero attached hydrogens (tertiary/aromatic N) is 1. The Hall–Kier alpha value is -0.940. The van der Waals surface area contributed by atoms with Gasteiger partial charge in [0.2, 0.25) is 0 Å². The number of benzene rings is 1. The Bertz CT molecular complexity index is 340. The van der Waals surface area contributed by atoms with Crippen LogP contribution in [0.1, 0.15) is 32.3 Å². The Kier molecular flexibility index (Phi) is 10.1. The highest BCUT2D eigenvalue weighted by atomic mass is 16.7. The molecule has 0 amide bonds. The molecule has 0 saturated heterocycles. The van der Waals surface area contributed by atoms with Gasteiger partial charge in [0.05, 0.1) is 0 Å². The lowest BCUT2D eigenvalue weighted by molar-refractivity contribution is -0.141. The largest absolute Gasteiger partial charge is 0.353 e. The van der Waals surface area contributed by atoms with Crippen LogP contribution in [0, 0.1) is 0 Å². The molecule has 0 unspecified atom stereocenters. The predicted molar refractivity (Wildman–Crippen MR) is 87.0 cm³/mol. The summed E-state index contributed by atoms with van der Waals surface area (Å²) in [6.07, 6.45) is 1.80. The second-order valence-electron chi connectivity index (χ2n) is 5.03. The van der Waals surface area contributed by atoms with Crippen molar-refractivity contribution in [3.8, 4) is 0 Å². The molecular formula is C17H30N2O2. The molecule has 0 fully saturated rings. The van der Waals surface area contributed by atoms with Crippen LogP contribution >= 0.6 is 0 Å². The van der Waals surface area contributed by atoms with E-state index in [1.54, 1.807) is 0 Å². The second kappa shape index (κ2) is 11.7. The fourth-order valence-electron chi connectivity index (χ4n) is 2.30. The Morgan fingerprint density at radius 2 is 1.71 bits per heavy atom. The van der Waals surface area contributed by atoms with E-state index >= 15 is 0 Å². The molecule has 1 aromatic carbocycles. The minimum Gasteiger partial charge on any atom is -0.353 e. The van der Waals surface area contributed by atoms with Crippen LogP contribution in [0.5, 0.6) is 0 Å². The van der Waals surface area contributed by atoms with Gasteiger partial charge in [-0.1, -0.05) is 30.3 Å². The molecule has 0 atom stereocenters.